The van der Waals surface area contributed by atoms with E-state index in [2.05, 4.69) is 32.9 Å². The summed E-state index contributed by atoms with van der Waals surface area (Å²) in [5.74, 6) is -0.866. The molecular weight excluding hydrogens is 411 g/mol. The molecule has 0 radical (unpaired) electrons. The Morgan fingerprint density at radius 1 is 1.19 bits per heavy atom. The average molecular weight is 443 g/mol. The predicted molar refractivity (Wildman–Crippen MR) is 119 cm³/mol. The summed E-state index contributed by atoms with van der Waals surface area (Å²) in [6, 6.07) is 11.9. The Labute approximate surface area is 188 Å². The van der Waals surface area contributed by atoms with E-state index in [1.807, 2.05) is 19.9 Å². The molecule has 1 saturated heterocycles. The van der Waals surface area contributed by atoms with Gasteiger partial charge in [-0.1, -0.05) is 26.8 Å². The van der Waals surface area contributed by atoms with Crippen molar-refractivity contribution < 1.29 is 28.5 Å². The van der Waals surface area contributed by atoms with Crippen molar-refractivity contribution in [1.82, 2.24) is 0 Å². The lowest BCUT2D eigenvalue weighted by molar-refractivity contribution is -0.192. The molecule has 4 rings (SSSR count). The normalized spacial score (nSPS) is 26.4. The van der Waals surface area contributed by atoms with Crippen LogP contribution in [-0.4, -0.2) is 29.4 Å². The van der Waals surface area contributed by atoms with Crippen molar-refractivity contribution in [3.8, 4) is 11.5 Å². The van der Waals surface area contributed by atoms with Crippen molar-refractivity contribution in [3.05, 3.63) is 59.4 Å². The van der Waals surface area contributed by atoms with Crippen LogP contribution in [0.15, 0.2) is 42.5 Å². The summed E-state index contributed by atoms with van der Waals surface area (Å²) < 4.78 is 31.8. The van der Waals surface area contributed by atoms with E-state index in [9.17, 15) is 14.3 Å². The quantitative estimate of drug-likeness (QED) is 0.675. The highest BCUT2D eigenvalue weighted by Crippen LogP contribution is 2.52. The standard InChI is InChI=1S/C26H31FO5/c1-25(2,3)15-6-11-21-18(12-15)23-20(26(4,5)32-21)13-19(24(28)29)22(31-23)14-30-17-9-7-16(27)8-10-17/h6-12,19-20,22-23H,13-14H2,1-5H3,(H,28,29)/t19-,20+,22+,23-/m1/s1. The molecule has 2 aromatic rings. The van der Waals surface area contributed by atoms with Gasteiger partial charge in [-0.15, -0.1) is 0 Å². The van der Waals surface area contributed by atoms with Crippen LogP contribution in [0.1, 0.15) is 58.3 Å². The first-order chi connectivity index (χ1) is 15.0. The Morgan fingerprint density at radius 3 is 2.50 bits per heavy atom. The fourth-order valence-corrected chi connectivity index (χ4v) is 4.68. The summed E-state index contributed by atoms with van der Waals surface area (Å²) in [7, 11) is 0. The van der Waals surface area contributed by atoms with Gasteiger partial charge in [-0.2, -0.15) is 0 Å². The molecule has 0 aliphatic carbocycles. The van der Waals surface area contributed by atoms with Crippen LogP contribution >= 0.6 is 0 Å². The van der Waals surface area contributed by atoms with Gasteiger partial charge in [0, 0.05) is 11.5 Å². The maximum atomic E-state index is 13.2. The SMILES string of the molecule is CC(C)(C)c1ccc2c(c1)[C@H]1O[C@@H](COc3ccc(F)cc3)[C@H](C(=O)O)C[C@@H]1C(C)(C)O2. The molecular formula is C26H31FO5. The summed E-state index contributed by atoms with van der Waals surface area (Å²) in [6.07, 6.45) is -0.517. The van der Waals surface area contributed by atoms with E-state index in [4.69, 9.17) is 14.2 Å². The topological polar surface area (TPSA) is 65.0 Å². The van der Waals surface area contributed by atoms with Crippen molar-refractivity contribution in [2.24, 2.45) is 11.8 Å². The smallest absolute Gasteiger partial charge is 0.309 e. The van der Waals surface area contributed by atoms with Gasteiger partial charge in [-0.05, 0) is 67.6 Å². The van der Waals surface area contributed by atoms with Crippen LogP contribution in [0.3, 0.4) is 0 Å². The molecule has 2 heterocycles. The van der Waals surface area contributed by atoms with Gasteiger partial charge >= 0.3 is 5.97 Å². The molecule has 0 unspecified atom stereocenters. The van der Waals surface area contributed by atoms with Crippen molar-refractivity contribution in [2.45, 2.75) is 64.3 Å². The van der Waals surface area contributed by atoms with Crippen LogP contribution in [0.4, 0.5) is 4.39 Å². The molecule has 1 fully saturated rings. The molecule has 6 heteroatoms. The molecule has 4 atom stereocenters. The summed E-state index contributed by atoms with van der Waals surface area (Å²) >= 11 is 0. The maximum absolute atomic E-state index is 13.2. The zero-order valence-electron chi connectivity index (χ0n) is 19.2. The zero-order valence-corrected chi connectivity index (χ0v) is 19.2. The Hall–Kier alpha value is -2.60. The summed E-state index contributed by atoms with van der Waals surface area (Å²) in [5.41, 5.74) is 1.51. The third-order valence-corrected chi connectivity index (χ3v) is 6.64. The molecule has 2 aliphatic heterocycles. The van der Waals surface area contributed by atoms with E-state index >= 15 is 0 Å². The van der Waals surface area contributed by atoms with E-state index in [0.717, 1.165) is 11.3 Å². The number of fused-ring (bicyclic) bond motifs is 3. The van der Waals surface area contributed by atoms with E-state index in [-0.39, 0.29) is 29.9 Å². The Kier molecular flexibility index (Phi) is 5.70. The van der Waals surface area contributed by atoms with Crippen LogP contribution < -0.4 is 9.47 Å². The number of hydrogen-bond acceptors (Lipinski definition) is 4. The van der Waals surface area contributed by atoms with E-state index in [1.165, 1.54) is 29.8 Å². The molecule has 1 N–H and O–H groups in total. The minimum Gasteiger partial charge on any atom is -0.491 e. The Bertz CT molecular complexity index is 992. The molecule has 2 aromatic carbocycles. The third-order valence-electron chi connectivity index (χ3n) is 6.64. The van der Waals surface area contributed by atoms with Crippen molar-refractivity contribution in [1.29, 1.82) is 0 Å². The minimum atomic E-state index is -0.916. The number of rotatable bonds is 4. The summed E-state index contributed by atoms with van der Waals surface area (Å²) in [4.78, 5) is 12.1. The van der Waals surface area contributed by atoms with E-state index in [1.54, 1.807) is 0 Å². The molecule has 2 aliphatic rings. The first-order valence-corrected chi connectivity index (χ1v) is 11.1. The number of aliphatic carboxylic acids is 1. The molecule has 0 spiro atoms. The van der Waals surface area contributed by atoms with Gasteiger partial charge in [-0.3, -0.25) is 4.79 Å². The molecule has 0 amide bonds. The average Bonchev–Trinajstić information content (AvgIpc) is 2.71. The monoisotopic (exact) mass is 442 g/mol. The fraction of sp³-hybridized carbons (Fsp3) is 0.500. The molecule has 0 saturated carbocycles. The molecule has 5 nitrogen and oxygen atoms in total. The summed E-state index contributed by atoms with van der Waals surface area (Å²) in [6.45, 7) is 10.5. The first kappa shape index (κ1) is 22.6. The Morgan fingerprint density at radius 2 is 1.88 bits per heavy atom. The highest BCUT2D eigenvalue weighted by molar-refractivity contribution is 5.71. The van der Waals surface area contributed by atoms with Crippen LogP contribution in [0.5, 0.6) is 11.5 Å². The highest BCUT2D eigenvalue weighted by atomic mass is 19.1. The Balaban J connectivity index is 1.65. The second-order valence-electron chi connectivity index (χ2n) is 10.4. The lowest BCUT2D eigenvalue weighted by atomic mass is 9.71. The van der Waals surface area contributed by atoms with Crippen molar-refractivity contribution in [2.75, 3.05) is 6.61 Å². The molecule has 32 heavy (non-hydrogen) atoms. The molecule has 172 valence electrons. The predicted octanol–water partition coefficient (Wildman–Crippen LogP) is 5.52. The third kappa shape index (κ3) is 4.33. The summed E-state index contributed by atoms with van der Waals surface area (Å²) in [5, 5.41) is 9.92. The van der Waals surface area contributed by atoms with Crippen LogP contribution in [0.25, 0.3) is 0 Å². The molecule has 0 bridgehead atoms. The minimum absolute atomic E-state index is 0.0408. The van der Waals surface area contributed by atoms with Gasteiger partial charge in [0.25, 0.3) is 0 Å². The van der Waals surface area contributed by atoms with E-state index < -0.39 is 23.6 Å². The van der Waals surface area contributed by atoms with Crippen molar-refractivity contribution in [3.63, 3.8) is 0 Å². The second-order valence-corrected chi connectivity index (χ2v) is 10.4. The number of halogens is 1. The number of carboxylic acids is 1. The number of ether oxygens (including phenoxy) is 3. The lowest BCUT2D eigenvalue weighted by Gasteiger charge is -2.50. The zero-order chi connectivity index (χ0) is 23.3. The number of carboxylic acid groups (broad SMARTS) is 1. The lowest BCUT2D eigenvalue weighted by Crippen LogP contribution is -2.53. The largest absolute Gasteiger partial charge is 0.491 e. The highest BCUT2D eigenvalue weighted by Gasteiger charge is 2.52. The fourth-order valence-electron chi connectivity index (χ4n) is 4.68. The van der Waals surface area contributed by atoms with Crippen molar-refractivity contribution >= 4 is 5.97 Å². The van der Waals surface area contributed by atoms with Crippen LogP contribution in [0, 0.1) is 17.7 Å². The van der Waals surface area contributed by atoms with Gasteiger partial charge in [-0.25, -0.2) is 4.39 Å². The number of carbonyl (C=O) groups is 1. The number of hydrogen-bond donors (Lipinski definition) is 1. The maximum Gasteiger partial charge on any atom is 0.309 e. The van der Waals surface area contributed by atoms with Gasteiger partial charge in [0.1, 0.15) is 35.6 Å². The second kappa shape index (κ2) is 8.07. The number of benzene rings is 2. The first-order valence-electron chi connectivity index (χ1n) is 11.1. The van der Waals surface area contributed by atoms with Gasteiger partial charge in [0.05, 0.1) is 12.0 Å². The van der Waals surface area contributed by atoms with Gasteiger partial charge < -0.3 is 19.3 Å². The van der Waals surface area contributed by atoms with Gasteiger partial charge in [0.2, 0.25) is 0 Å². The molecule has 0 aromatic heterocycles. The van der Waals surface area contributed by atoms with E-state index in [0.29, 0.717) is 12.2 Å². The van der Waals surface area contributed by atoms with Crippen LogP contribution in [0.2, 0.25) is 0 Å². The van der Waals surface area contributed by atoms with Gasteiger partial charge in [0.15, 0.2) is 0 Å². The van der Waals surface area contributed by atoms with Crippen LogP contribution in [-0.2, 0) is 14.9 Å².